The molecule has 1 saturated heterocycles. The van der Waals surface area contributed by atoms with Gasteiger partial charge < -0.3 is 5.32 Å². The van der Waals surface area contributed by atoms with Crippen LogP contribution in [0.2, 0.25) is 0 Å². The molecule has 1 spiro atoms. The normalized spacial score (nSPS) is 17.6. The Morgan fingerprint density at radius 2 is 1.93 bits per heavy atom. The van der Waals surface area contributed by atoms with Crippen LogP contribution < -0.4 is 10.2 Å². The number of nitrogens with zero attached hydrogens (tertiary/aromatic N) is 3. The van der Waals surface area contributed by atoms with Crippen LogP contribution >= 0.6 is 0 Å². The molecule has 2 aliphatic heterocycles. The lowest BCUT2D eigenvalue weighted by molar-refractivity contribution is -0.384. The molecule has 1 fully saturated rings. The van der Waals surface area contributed by atoms with Gasteiger partial charge in [0, 0.05) is 42.0 Å². The quantitative estimate of drug-likeness (QED) is 0.463. The van der Waals surface area contributed by atoms with Gasteiger partial charge in [-0.2, -0.15) is 0 Å². The first-order valence-electron chi connectivity index (χ1n) is 9.88. The first-order chi connectivity index (χ1) is 14.4. The Kier molecular flexibility index (Phi) is 5.26. The number of non-ortho nitro benzene ring substituents is 1. The standard InChI is InChI=1S/C22H23FN4O3/c1-2-11-25-12-9-22(10-13-25)15-26(20-8-3-16(23)14-19(20)22)21(28)24-17-4-6-18(7-5-17)27(29)30/h2-8,14H,1,9-13,15H2,(H,24,28). The zero-order valence-electron chi connectivity index (χ0n) is 16.5. The first-order valence-corrected chi connectivity index (χ1v) is 9.88. The monoisotopic (exact) mass is 410 g/mol. The molecule has 0 atom stereocenters. The maximum atomic E-state index is 14.1. The summed E-state index contributed by atoms with van der Waals surface area (Å²) in [5.74, 6) is -0.306. The molecular formula is C22H23FN4O3. The lowest BCUT2D eigenvalue weighted by Crippen LogP contribution is -2.46. The number of amides is 2. The van der Waals surface area contributed by atoms with Gasteiger partial charge >= 0.3 is 6.03 Å². The van der Waals surface area contributed by atoms with Crippen LogP contribution in [0.5, 0.6) is 0 Å². The highest BCUT2D eigenvalue weighted by atomic mass is 19.1. The van der Waals surface area contributed by atoms with E-state index in [2.05, 4.69) is 16.8 Å². The summed E-state index contributed by atoms with van der Waals surface area (Å²) in [6.07, 6.45) is 3.54. The highest BCUT2D eigenvalue weighted by Crippen LogP contribution is 2.47. The molecule has 2 aromatic rings. The van der Waals surface area contributed by atoms with Crippen molar-refractivity contribution in [1.29, 1.82) is 0 Å². The first kappa shape index (κ1) is 20.0. The van der Waals surface area contributed by atoms with E-state index in [9.17, 15) is 19.3 Å². The van der Waals surface area contributed by atoms with E-state index in [0.29, 0.717) is 17.9 Å². The number of rotatable bonds is 4. The summed E-state index contributed by atoms with van der Waals surface area (Å²) in [5, 5.41) is 13.6. The molecule has 0 bridgehead atoms. The van der Waals surface area contributed by atoms with Gasteiger partial charge in [-0.05, 0) is 61.8 Å². The summed E-state index contributed by atoms with van der Waals surface area (Å²) < 4.78 is 14.1. The summed E-state index contributed by atoms with van der Waals surface area (Å²) in [6.45, 7) is 6.81. The highest BCUT2D eigenvalue weighted by Gasteiger charge is 2.46. The molecule has 2 amide bonds. The van der Waals surface area contributed by atoms with Gasteiger partial charge in [-0.25, -0.2) is 9.18 Å². The third kappa shape index (κ3) is 3.66. The Labute approximate surface area is 173 Å². The van der Waals surface area contributed by atoms with Crippen LogP contribution in [-0.2, 0) is 5.41 Å². The van der Waals surface area contributed by atoms with Crippen molar-refractivity contribution in [3.8, 4) is 0 Å². The molecule has 0 aliphatic carbocycles. The Bertz CT molecular complexity index is 984. The van der Waals surface area contributed by atoms with Gasteiger partial charge in [0.1, 0.15) is 5.82 Å². The van der Waals surface area contributed by atoms with Gasteiger partial charge in [-0.3, -0.25) is 19.9 Å². The lowest BCUT2D eigenvalue weighted by atomic mass is 9.74. The molecule has 30 heavy (non-hydrogen) atoms. The second-order valence-corrected chi connectivity index (χ2v) is 7.85. The average Bonchev–Trinajstić information content (AvgIpc) is 3.04. The summed E-state index contributed by atoms with van der Waals surface area (Å²) in [4.78, 5) is 27.3. The van der Waals surface area contributed by atoms with Gasteiger partial charge in [0.05, 0.1) is 4.92 Å². The minimum atomic E-state index is -0.487. The second kappa shape index (κ2) is 7.87. The number of nitro groups is 1. The van der Waals surface area contributed by atoms with Crippen LogP contribution in [0.1, 0.15) is 18.4 Å². The van der Waals surface area contributed by atoms with Gasteiger partial charge in [-0.1, -0.05) is 6.08 Å². The average molecular weight is 410 g/mol. The van der Waals surface area contributed by atoms with Crippen molar-refractivity contribution in [3.05, 3.63) is 76.6 Å². The Morgan fingerprint density at radius 1 is 1.23 bits per heavy atom. The minimum Gasteiger partial charge on any atom is -0.308 e. The number of piperidine rings is 1. The zero-order chi connectivity index (χ0) is 21.3. The Hall–Kier alpha value is -3.26. The molecule has 2 aromatic carbocycles. The second-order valence-electron chi connectivity index (χ2n) is 7.85. The van der Waals surface area contributed by atoms with Crippen LogP contribution in [0.3, 0.4) is 0 Å². The summed E-state index contributed by atoms with van der Waals surface area (Å²) in [7, 11) is 0. The fourth-order valence-corrected chi connectivity index (χ4v) is 4.45. The summed E-state index contributed by atoms with van der Waals surface area (Å²) in [5.41, 5.74) is 1.74. The van der Waals surface area contributed by atoms with E-state index in [0.717, 1.165) is 38.0 Å². The molecule has 2 heterocycles. The van der Waals surface area contributed by atoms with E-state index in [1.807, 2.05) is 6.08 Å². The van der Waals surface area contributed by atoms with Gasteiger partial charge in [-0.15, -0.1) is 6.58 Å². The molecule has 7 nitrogen and oxygen atoms in total. The number of fused-ring (bicyclic) bond motifs is 2. The third-order valence-corrected chi connectivity index (χ3v) is 6.06. The highest BCUT2D eigenvalue weighted by molar-refractivity contribution is 6.03. The van der Waals surface area contributed by atoms with Crippen LogP contribution in [0.25, 0.3) is 0 Å². The molecule has 0 aromatic heterocycles. The van der Waals surface area contributed by atoms with Crippen molar-refractivity contribution < 1.29 is 14.1 Å². The maximum Gasteiger partial charge on any atom is 0.326 e. The van der Waals surface area contributed by atoms with Crippen molar-refractivity contribution in [1.82, 2.24) is 4.90 Å². The third-order valence-electron chi connectivity index (χ3n) is 6.06. The van der Waals surface area contributed by atoms with Gasteiger partial charge in [0.15, 0.2) is 0 Å². The van der Waals surface area contributed by atoms with E-state index >= 15 is 0 Å². The maximum absolute atomic E-state index is 14.1. The SMILES string of the molecule is C=CCN1CCC2(CC1)CN(C(=O)Nc1ccc([N+](=O)[O-])cc1)c1ccc(F)cc12. The smallest absolute Gasteiger partial charge is 0.308 e. The number of halogens is 1. The lowest BCUT2D eigenvalue weighted by Gasteiger charge is -2.39. The van der Waals surface area contributed by atoms with Crippen LogP contribution in [0.4, 0.5) is 26.2 Å². The molecule has 0 unspecified atom stereocenters. The number of benzene rings is 2. The number of hydrogen-bond donors (Lipinski definition) is 1. The molecular weight excluding hydrogens is 387 g/mol. The zero-order valence-corrected chi connectivity index (χ0v) is 16.5. The van der Waals surface area contributed by atoms with E-state index in [4.69, 9.17) is 0 Å². The predicted octanol–water partition coefficient (Wildman–Crippen LogP) is 4.31. The topological polar surface area (TPSA) is 78.7 Å². The summed E-state index contributed by atoms with van der Waals surface area (Å²) in [6, 6.07) is 9.95. The van der Waals surface area contributed by atoms with Crippen molar-refractivity contribution in [3.63, 3.8) is 0 Å². The molecule has 1 N–H and O–H groups in total. The predicted molar refractivity (Wildman–Crippen MR) is 113 cm³/mol. The van der Waals surface area contributed by atoms with E-state index in [1.165, 1.54) is 30.3 Å². The van der Waals surface area contributed by atoms with Crippen LogP contribution in [0.15, 0.2) is 55.1 Å². The number of carbonyl (C=O) groups is 1. The van der Waals surface area contributed by atoms with E-state index < -0.39 is 4.92 Å². The number of carbonyl (C=O) groups excluding carboxylic acids is 1. The van der Waals surface area contributed by atoms with Crippen molar-refractivity contribution >= 4 is 23.1 Å². The molecule has 4 rings (SSSR count). The number of anilines is 2. The number of nitrogens with one attached hydrogen (secondary N) is 1. The van der Waals surface area contributed by atoms with Crippen molar-refractivity contribution in [2.45, 2.75) is 18.3 Å². The van der Waals surface area contributed by atoms with E-state index in [1.54, 1.807) is 17.0 Å². The number of likely N-dealkylation sites (tertiary alicyclic amines) is 1. The molecule has 0 radical (unpaired) electrons. The minimum absolute atomic E-state index is 0.0415. The largest absolute Gasteiger partial charge is 0.326 e. The molecule has 2 aliphatic rings. The fraction of sp³-hybridized carbons (Fsp3) is 0.318. The van der Waals surface area contributed by atoms with Gasteiger partial charge in [0.25, 0.3) is 5.69 Å². The molecule has 156 valence electrons. The van der Waals surface area contributed by atoms with Crippen molar-refractivity contribution in [2.75, 3.05) is 36.4 Å². The fourth-order valence-electron chi connectivity index (χ4n) is 4.45. The number of hydrogen-bond acceptors (Lipinski definition) is 4. The van der Waals surface area contributed by atoms with Crippen molar-refractivity contribution in [2.24, 2.45) is 0 Å². The van der Waals surface area contributed by atoms with Gasteiger partial charge in [0.2, 0.25) is 0 Å². The number of urea groups is 1. The molecule has 0 saturated carbocycles. The van der Waals surface area contributed by atoms with Crippen LogP contribution in [-0.4, -0.2) is 42.0 Å². The van der Waals surface area contributed by atoms with Crippen LogP contribution in [0, 0.1) is 15.9 Å². The summed E-state index contributed by atoms with van der Waals surface area (Å²) >= 11 is 0. The van der Waals surface area contributed by atoms with E-state index in [-0.39, 0.29) is 23.0 Å². The Morgan fingerprint density at radius 3 is 2.57 bits per heavy atom. The number of nitro benzene ring substituents is 1. The molecule has 8 heteroatoms. The Balaban J connectivity index is 1.56.